The number of rotatable bonds is 3. The minimum atomic E-state index is -0.439. The van der Waals surface area contributed by atoms with E-state index in [9.17, 15) is 4.79 Å². The predicted octanol–water partition coefficient (Wildman–Crippen LogP) is 4.92. The first-order valence-corrected chi connectivity index (χ1v) is 6.72. The molecule has 20 heavy (non-hydrogen) atoms. The molecule has 0 N–H and O–H groups in total. The summed E-state index contributed by atoms with van der Waals surface area (Å²) in [5.74, 6) is 0.0607. The van der Waals surface area contributed by atoms with Crippen LogP contribution in [-0.4, -0.2) is 5.97 Å². The molecule has 2 nitrogen and oxygen atoms in total. The molecule has 2 aromatic carbocycles. The van der Waals surface area contributed by atoms with Gasteiger partial charge >= 0.3 is 5.97 Å². The first-order valence-electron chi connectivity index (χ1n) is 5.96. The molecule has 2 rings (SSSR count). The quantitative estimate of drug-likeness (QED) is 0.457. The zero-order chi connectivity index (χ0) is 14.5. The van der Waals surface area contributed by atoms with E-state index < -0.39 is 5.97 Å². The third-order valence-electron chi connectivity index (χ3n) is 2.63. The third-order valence-corrected chi connectivity index (χ3v) is 3.12. The molecule has 102 valence electrons. The third kappa shape index (κ3) is 4.12. The molecule has 0 unspecified atom stereocenters. The van der Waals surface area contributed by atoms with Crippen LogP contribution in [0.15, 0.2) is 48.5 Å². The van der Waals surface area contributed by atoms with Gasteiger partial charge in [0.15, 0.2) is 0 Å². The maximum atomic E-state index is 11.7. The first-order chi connectivity index (χ1) is 9.54. The Morgan fingerprint density at radius 3 is 2.35 bits per heavy atom. The molecule has 0 aliphatic heterocycles. The van der Waals surface area contributed by atoms with Gasteiger partial charge in [-0.2, -0.15) is 0 Å². The molecular formula is C16H12Cl2O2. The van der Waals surface area contributed by atoms with Crippen LogP contribution in [0.5, 0.6) is 5.75 Å². The molecule has 0 radical (unpaired) electrons. The second-order valence-corrected chi connectivity index (χ2v) is 5.09. The molecule has 0 saturated heterocycles. The van der Waals surface area contributed by atoms with Crippen LogP contribution in [0.25, 0.3) is 6.08 Å². The predicted molar refractivity (Wildman–Crippen MR) is 82.3 cm³/mol. The lowest BCUT2D eigenvalue weighted by Crippen LogP contribution is -2.04. The summed E-state index contributed by atoms with van der Waals surface area (Å²) in [6, 6.07) is 12.3. The van der Waals surface area contributed by atoms with Crippen molar-refractivity contribution in [3.05, 3.63) is 69.7 Å². The Labute approximate surface area is 127 Å². The number of halogens is 2. The standard InChI is InChI=1S/C16H12Cl2O2/c1-11-10-14(18)7-8-15(11)20-16(19)9-4-12-2-5-13(17)6-3-12/h2-10H,1H3/b9-4+. The normalized spacial score (nSPS) is 10.8. The molecule has 0 aliphatic rings. The highest BCUT2D eigenvalue weighted by Gasteiger charge is 2.04. The maximum absolute atomic E-state index is 11.7. The summed E-state index contributed by atoms with van der Waals surface area (Å²) in [7, 11) is 0. The Kier molecular flexibility index (Phi) is 4.83. The summed E-state index contributed by atoms with van der Waals surface area (Å²) in [4.78, 5) is 11.7. The summed E-state index contributed by atoms with van der Waals surface area (Å²) in [5, 5.41) is 1.26. The first kappa shape index (κ1) is 14.6. The van der Waals surface area contributed by atoms with Crippen molar-refractivity contribution in [1.29, 1.82) is 0 Å². The van der Waals surface area contributed by atoms with Crippen molar-refractivity contribution in [3.8, 4) is 5.75 Å². The van der Waals surface area contributed by atoms with Crippen LogP contribution in [0.1, 0.15) is 11.1 Å². The second kappa shape index (κ2) is 6.60. The van der Waals surface area contributed by atoms with E-state index in [1.807, 2.05) is 19.1 Å². The van der Waals surface area contributed by atoms with Gasteiger partial charge in [0.25, 0.3) is 0 Å². The van der Waals surface area contributed by atoms with Crippen molar-refractivity contribution < 1.29 is 9.53 Å². The van der Waals surface area contributed by atoms with Gasteiger partial charge in [-0.15, -0.1) is 0 Å². The summed E-state index contributed by atoms with van der Waals surface area (Å²) < 4.78 is 5.24. The van der Waals surface area contributed by atoms with Crippen LogP contribution in [-0.2, 0) is 4.79 Å². The number of carbonyl (C=O) groups is 1. The van der Waals surface area contributed by atoms with E-state index >= 15 is 0 Å². The summed E-state index contributed by atoms with van der Waals surface area (Å²) in [5.41, 5.74) is 1.69. The Balaban J connectivity index is 2.03. The molecule has 0 heterocycles. The highest BCUT2D eigenvalue weighted by Crippen LogP contribution is 2.22. The lowest BCUT2D eigenvalue weighted by molar-refractivity contribution is -0.128. The second-order valence-electron chi connectivity index (χ2n) is 4.22. The zero-order valence-corrected chi connectivity index (χ0v) is 12.3. The van der Waals surface area contributed by atoms with Crippen LogP contribution < -0.4 is 4.74 Å². The van der Waals surface area contributed by atoms with E-state index in [1.165, 1.54) is 6.08 Å². The summed E-state index contributed by atoms with van der Waals surface area (Å²) in [6.07, 6.45) is 3.04. The van der Waals surface area contributed by atoms with Crippen LogP contribution in [0.2, 0.25) is 10.0 Å². The Morgan fingerprint density at radius 2 is 1.70 bits per heavy atom. The molecule has 0 aliphatic carbocycles. The number of carbonyl (C=O) groups excluding carboxylic acids is 1. The molecule has 0 saturated carbocycles. The van der Waals surface area contributed by atoms with Crippen molar-refractivity contribution in [2.24, 2.45) is 0 Å². The van der Waals surface area contributed by atoms with Crippen LogP contribution in [0.4, 0.5) is 0 Å². The summed E-state index contributed by atoms with van der Waals surface area (Å²) in [6.45, 7) is 1.83. The number of aryl methyl sites for hydroxylation is 1. The average molecular weight is 307 g/mol. The van der Waals surface area contributed by atoms with Gasteiger partial charge in [-0.05, 0) is 54.5 Å². The average Bonchev–Trinajstić information content (AvgIpc) is 2.41. The highest BCUT2D eigenvalue weighted by molar-refractivity contribution is 6.30. The van der Waals surface area contributed by atoms with E-state index in [4.69, 9.17) is 27.9 Å². The molecule has 2 aromatic rings. The van der Waals surface area contributed by atoms with Gasteiger partial charge < -0.3 is 4.74 Å². The van der Waals surface area contributed by atoms with Crippen molar-refractivity contribution >= 4 is 35.2 Å². The van der Waals surface area contributed by atoms with Gasteiger partial charge in [-0.3, -0.25) is 0 Å². The maximum Gasteiger partial charge on any atom is 0.336 e. The fourth-order valence-corrected chi connectivity index (χ4v) is 1.96. The Morgan fingerprint density at radius 1 is 1.05 bits per heavy atom. The molecule has 0 atom stereocenters. The van der Waals surface area contributed by atoms with Crippen molar-refractivity contribution in [2.75, 3.05) is 0 Å². The van der Waals surface area contributed by atoms with Gasteiger partial charge in [-0.1, -0.05) is 35.3 Å². The fraction of sp³-hybridized carbons (Fsp3) is 0.0625. The minimum Gasteiger partial charge on any atom is -0.423 e. The van der Waals surface area contributed by atoms with Crippen LogP contribution in [0, 0.1) is 6.92 Å². The molecule has 0 bridgehead atoms. The van der Waals surface area contributed by atoms with Gasteiger partial charge in [0.1, 0.15) is 5.75 Å². The molecule has 4 heteroatoms. The summed E-state index contributed by atoms with van der Waals surface area (Å²) >= 11 is 11.6. The van der Waals surface area contributed by atoms with Crippen LogP contribution >= 0.6 is 23.2 Å². The topological polar surface area (TPSA) is 26.3 Å². The molecular weight excluding hydrogens is 295 g/mol. The van der Waals surface area contributed by atoms with Gasteiger partial charge in [0, 0.05) is 16.1 Å². The minimum absolute atomic E-state index is 0.439. The molecule has 0 spiro atoms. The number of hydrogen-bond donors (Lipinski definition) is 0. The van der Waals surface area contributed by atoms with Crippen molar-refractivity contribution in [3.63, 3.8) is 0 Å². The lowest BCUT2D eigenvalue weighted by Gasteiger charge is -2.05. The number of hydrogen-bond acceptors (Lipinski definition) is 2. The van der Waals surface area contributed by atoms with E-state index in [-0.39, 0.29) is 0 Å². The zero-order valence-electron chi connectivity index (χ0n) is 10.8. The van der Waals surface area contributed by atoms with Crippen molar-refractivity contribution in [1.82, 2.24) is 0 Å². The Hall–Kier alpha value is -1.77. The highest BCUT2D eigenvalue weighted by atomic mass is 35.5. The van der Waals surface area contributed by atoms with Crippen molar-refractivity contribution in [2.45, 2.75) is 6.92 Å². The molecule has 0 fully saturated rings. The number of benzene rings is 2. The largest absolute Gasteiger partial charge is 0.423 e. The van der Waals surface area contributed by atoms with E-state index in [2.05, 4.69) is 0 Å². The Bertz CT molecular complexity index is 646. The molecule has 0 amide bonds. The van der Waals surface area contributed by atoms with E-state index in [0.717, 1.165) is 11.1 Å². The monoisotopic (exact) mass is 306 g/mol. The van der Waals surface area contributed by atoms with Crippen LogP contribution in [0.3, 0.4) is 0 Å². The van der Waals surface area contributed by atoms with Gasteiger partial charge in [0.05, 0.1) is 0 Å². The number of esters is 1. The van der Waals surface area contributed by atoms with E-state index in [1.54, 1.807) is 36.4 Å². The molecule has 0 aromatic heterocycles. The number of ether oxygens (including phenoxy) is 1. The lowest BCUT2D eigenvalue weighted by atomic mass is 10.2. The SMILES string of the molecule is Cc1cc(Cl)ccc1OC(=O)/C=C/c1ccc(Cl)cc1. The van der Waals surface area contributed by atoms with Gasteiger partial charge in [0.2, 0.25) is 0 Å². The smallest absolute Gasteiger partial charge is 0.336 e. The fourth-order valence-electron chi connectivity index (χ4n) is 1.61. The van der Waals surface area contributed by atoms with Gasteiger partial charge in [-0.25, -0.2) is 4.79 Å². The van der Waals surface area contributed by atoms with E-state index in [0.29, 0.717) is 15.8 Å².